The molecule has 0 spiro atoms. The summed E-state index contributed by atoms with van der Waals surface area (Å²) in [6.45, 7) is 4.11. The zero-order valence-electron chi connectivity index (χ0n) is 16.9. The second kappa shape index (κ2) is 8.99. The number of hydrogen-bond acceptors (Lipinski definition) is 5. The molecule has 2 aromatic heterocycles. The molecule has 1 unspecified atom stereocenters. The third-order valence-electron chi connectivity index (χ3n) is 6.10. The summed E-state index contributed by atoms with van der Waals surface area (Å²) in [6, 6.07) is 2.32. The van der Waals surface area contributed by atoms with Crippen LogP contribution in [-0.4, -0.2) is 44.4 Å². The molecule has 5 nitrogen and oxygen atoms in total. The van der Waals surface area contributed by atoms with Crippen molar-refractivity contribution in [2.45, 2.75) is 63.4 Å². The van der Waals surface area contributed by atoms with E-state index < -0.39 is 0 Å². The summed E-state index contributed by atoms with van der Waals surface area (Å²) < 4.78 is 2.05. The molecule has 4 rings (SSSR count). The van der Waals surface area contributed by atoms with Crippen molar-refractivity contribution >= 4 is 29.0 Å². The molecule has 1 fully saturated rings. The van der Waals surface area contributed by atoms with Gasteiger partial charge in [0.05, 0.1) is 10.6 Å². The van der Waals surface area contributed by atoms with Crippen LogP contribution in [0.15, 0.2) is 11.2 Å². The van der Waals surface area contributed by atoms with Gasteiger partial charge in [-0.2, -0.15) is 0 Å². The van der Waals surface area contributed by atoms with E-state index in [2.05, 4.69) is 27.8 Å². The van der Waals surface area contributed by atoms with Gasteiger partial charge in [0, 0.05) is 25.0 Å². The number of likely N-dealkylation sites (tertiary alicyclic amines) is 1. The first-order valence-corrected chi connectivity index (χ1v) is 12.4. The van der Waals surface area contributed by atoms with Crippen molar-refractivity contribution in [1.29, 1.82) is 0 Å². The number of hydrogen-bond donors (Lipinski definition) is 0. The van der Waals surface area contributed by atoms with Crippen LogP contribution in [0.5, 0.6) is 0 Å². The Kier molecular flexibility index (Phi) is 6.41. The number of aromatic nitrogens is 3. The topological polar surface area (TPSA) is 51.0 Å². The number of thiophene rings is 1. The van der Waals surface area contributed by atoms with Crippen LogP contribution in [0.3, 0.4) is 0 Å². The Morgan fingerprint density at radius 1 is 1.25 bits per heavy atom. The SMILES string of the molecule is CCC1CCc2sc(-c3nnc(SCC(=O)N4CCCCCC4)n3C)cc2C1. The number of fused-ring (bicyclic) bond motifs is 1. The Bertz CT molecular complexity index is 820. The van der Waals surface area contributed by atoms with Gasteiger partial charge in [-0.05, 0) is 49.7 Å². The number of carbonyl (C=O) groups excluding carboxylic acids is 1. The minimum absolute atomic E-state index is 0.230. The molecule has 3 heterocycles. The van der Waals surface area contributed by atoms with E-state index in [0.717, 1.165) is 42.8 Å². The van der Waals surface area contributed by atoms with Crippen LogP contribution < -0.4 is 0 Å². The van der Waals surface area contributed by atoms with Gasteiger partial charge in [0.25, 0.3) is 0 Å². The van der Waals surface area contributed by atoms with Gasteiger partial charge in [0.2, 0.25) is 5.91 Å². The molecule has 1 aliphatic heterocycles. The van der Waals surface area contributed by atoms with Crippen LogP contribution in [-0.2, 0) is 24.7 Å². The van der Waals surface area contributed by atoms with E-state index in [1.54, 1.807) is 0 Å². The van der Waals surface area contributed by atoms with Gasteiger partial charge in [-0.3, -0.25) is 4.79 Å². The van der Waals surface area contributed by atoms with Gasteiger partial charge < -0.3 is 9.47 Å². The van der Waals surface area contributed by atoms with Crippen LogP contribution in [0.25, 0.3) is 10.7 Å². The van der Waals surface area contributed by atoms with Crippen LogP contribution >= 0.6 is 23.1 Å². The summed E-state index contributed by atoms with van der Waals surface area (Å²) in [7, 11) is 2.02. The van der Waals surface area contributed by atoms with Crippen LogP contribution in [0.4, 0.5) is 0 Å². The average Bonchev–Trinajstić information content (AvgIpc) is 3.17. The van der Waals surface area contributed by atoms with Crippen molar-refractivity contribution in [2.75, 3.05) is 18.8 Å². The van der Waals surface area contributed by atoms with Crippen molar-refractivity contribution in [3.05, 3.63) is 16.5 Å². The minimum atomic E-state index is 0.230. The predicted molar refractivity (Wildman–Crippen MR) is 116 cm³/mol. The van der Waals surface area contributed by atoms with Gasteiger partial charge in [0.1, 0.15) is 0 Å². The molecule has 0 aromatic carbocycles. The second-order valence-corrected chi connectivity index (χ2v) is 10.1. The third kappa shape index (κ3) is 4.30. The zero-order chi connectivity index (χ0) is 19.5. The molecule has 0 bridgehead atoms. The summed E-state index contributed by atoms with van der Waals surface area (Å²) >= 11 is 3.38. The molecule has 0 saturated carbocycles. The van der Waals surface area contributed by atoms with Gasteiger partial charge in [0.15, 0.2) is 11.0 Å². The first-order chi connectivity index (χ1) is 13.7. The molecule has 0 N–H and O–H groups in total. The third-order valence-corrected chi connectivity index (χ3v) is 8.34. The molecule has 2 aliphatic rings. The highest BCUT2D eigenvalue weighted by molar-refractivity contribution is 7.99. The molecule has 1 atom stereocenters. The summed E-state index contributed by atoms with van der Waals surface area (Å²) in [5.74, 6) is 2.43. The molecule has 28 heavy (non-hydrogen) atoms. The minimum Gasteiger partial charge on any atom is -0.342 e. The summed E-state index contributed by atoms with van der Waals surface area (Å²) in [4.78, 5) is 17.3. The average molecular weight is 419 g/mol. The van der Waals surface area contributed by atoms with E-state index in [1.807, 2.05) is 23.3 Å². The monoisotopic (exact) mass is 418 g/mol. The highest BCUT2D eigenvalue weighted by Crippen LogP contribution is 2.38. The Hall–Kier alpha value is -1.34. The lowest BCUT2D eigenvalue weighted by molar-refractivity contribution is -0.128. The molecule has 7 heteroatoms. The van der Waals surface area contributed by atoms with E-state index in [1.165, 1.54) is 65.6 Å². The number of carbonyl (C=O) groups is 1. The van der Waals surface area contributed by atoms with Crippen LogP contribution in [0.2, 0.25) is 0 Å². The van der Waals surface area contributed by atoms with Gasteiger partial charge >= 0.3 is 0 Å². The molecule has 152 valence electrons. The van der Waals surface area contributed by atoms with Crippen molar-refractivity contribution in [3.8, 4) is 10.7 Å². The normalized spacial score (nSPS) is 20.1. The van der Waals surface area contributed by atoms with Gasteiger partial charge in [-0.25, -0.2) is 0 Å². The Labute approximate surface area is 175 Å². The van der Waals surface area contributed by atoms with Gasteiger partial charge in [-0.1, -0.05) is 37.9 Å². The summed E-state index contributed by atoms with van der Waals surface area (Å²) in [5, 5.41) is 9.66. The molecule has 0 radical (unpaired) electrons. The summed E-state index contributed by atoms with van der Waals surface area (Å²) in [6.07, 6.45) is 9.72. The molecular weight excluding hydrogens is 388 g/mol. The second-order valence-electron chi connectivity index (χ2n) is 8.03. The van der Waals surface area contributed by atoms with Crippen molar-refractivity contribution in [2.24, 2.45) is 13.0 Å². The molecule has 2 aromatic rings. The van der Waals surface area contributed by atoms with Crippen LogP contribution in [0.1, 0.15) is 55.9 Å². The lowest BCUT2D eigenvalue weighted by Crippen LogP contribution is -2.33. The Balaban J connectivity index is 1.42. The fourth-order valence-electron chi connectivity index (χ4n) is 4.25. The van der Waals surface area contributed by atoms with Gasteiger partial charge in [-0.15, -0.1) is 21.5 Å². The number of amides is 1. The van der Waals surface area contributed by atoms with E-state index in [-0.39, 0.29) is 5.91 Å². The number of nitrogens with zero attached hydrogens (tertiary/aromatic N) is 4. The molecular formula is C21H30N4OS2. The van der Waals surface area contributed by atoms with E-state index in [4.69, 9.17) is 0 Å². The van der Waals surface area contributed by atoms with Crippen molar-refractivity contribution < 1.29 is 4.79 Å². The number of aryl methyl sites for hydroxylation is 1. The molecule has 1 aliphatic carbocycles. The van der Waals surface area contributed by atoms with E-state index >= 15 is 0 Å². The lowest BCUT2D eigenvalue weighted by Gasteiger charge is -2.19. The standard InChI is InChI=1S/C21H30N4OS2/c1-3-15-8-9-17-16(12-15)13-18(28-17)20-22-23-21(24(20)2)27-14-19(26)25-10-6-4-5-7-11-25/h13,15H,3-12,14H2,1-2H3. The highest BCUT2D eigenvalue weighted by atomic mass is 32.2. The maximum Gasteiger partial charge on any atom is 0.233 e. The fraction of sp³-hybridized carbons (Fsp3) is 0.667. The first-order valence-electron chi connectivity index (χ1n) is 10.6. The molecule has 1 saturated heterocycles. The predicted octanol–water partition coefficient (Wildman–Crippen LogP) is 4.55. The van der Waals surface area contributed by atoms with Crippen molar-refractivity contribution in [1.82, 2.24) is 19.7 Å². The number of thioether (sulfide) groups is 1. The first kappa shape index (κ1) is 20.0. The van der Waals surface area contributed by atoms with E-state index in [0.29, 0.717) is 5.75 Å². The van der Waals surface area contributed by atoms with Crippen molar-refractivity contribution in [3.63, 3.8) is 0 Å². The lowest BCUT2D eigenvalue weighted by atomic mass is 9.87. The Morgan fingerprint density at radius 2 is 2.04 bits per heavy atom. The maximum atomic E-state index is 12.6. The summed E-state index contributed by atoms with van der Waals surface area (Å²) in [5.41, 5.74) is 1.51. The zero-order valence-corrected chi connectivity index (χ0v) is 18.6. The van der Waals surface area contributed by atoms with E-state index in [9.17, 15) is 4.79 Å². The number of rotatable bonds is 5. The Morgan fingerprint density at radius 3 is 2.79 bits per heavy atom. The van der Waals surface area contributed by atoms with Crippen LogP contribution in [0, 0.1) is 5.92 Å². The highest BCUT2D eigenvalue weighted by Gasteiger charge is 2.23. The largest absolute Gasteiger partial charge is 0.342 e. The fourth-order valence-corrected chi connectivity index (χ4v) is 6.29. The quantitative estimate of drug-likeness (QED) is 0.668. The maximum absolute atomic E-state index is 12.6. The molecule has 1 amide bonds. The smallest absolute Gasteiger partial charge is 0.233 e.